The molecule has 2 amide bonds. The van der Waals surface area contributed by atoms with E-state index in [1.54, 1.807) is 0 Å². The summed E-state index contributed by atoms with van der Waals surface area (Å²) >= 11 is 0. The number of likely N-dealkylation sites (tertiary alicyclic amines) is 2. The SMILES string of the molecule is CCOC(=O)N1CCC23c4ccccc4N4[C@H]5O[C@H]6C(CC[C@]12C)[C@]43O[C@]12C5CC[C@]3(C)N(C(=O)OCC)CCC31c1ccccc1N62. The molecule has 8 fully saturated rings. The number of amides is 2. The third-order valence-corrected chi connectivity index (χ3v) is 15.3. The summed E-state index contributed by atoms with van der Waals surface area (Å²) in [6, 6.07) is 17.7. The van der Waals surface area contributed by atoms with Crippen molar-refractivity contribution in [1.82, 2.24) is 9.80 Å². The molecule has 2 aliphatic carbocycles. The number of rotatable bonds is 2. The normalized spacial score (nSPS) is 45.8. The lowest BCUT2D eigenvalue weighted by atomic mass is 9.47. The van der Waals surface area contributed by atoms with E-state index in [1.807, 2.05) is 23.6 Å². The Morgan fingerprint density at radius 1 is 0.708 bits per heavy atom. The number of hydrogen-bond donors (Lipinski definition) is 0. The fourth-order valence-electron chi connectivity index (χ4n) is 14.0. The summed E-state index contributed by atoms with van der Waals surface area (Å²) in [5.74, 6) is 0.0868. The fourth-order valence-corrected chi connectivity index (χ4v) is 14.0. The minimum absolute atomic E-state index is 0.0434. The minimum atomic E-state index is -0.740. The van der Waals surface area contributed by atoms with Gasteiger partial charge < -0.3 is 38.5 Å². The number of benzene rings is 2. The molecule has 10 aliphatic rings. The summed E-state index contributed by atoms with van der Waals surface area (Å²) in [6.07, 6.45) is 4.11. The zero-order valence-electron chi connectivity index (χ0n) is 28.2. The van der Waals surface area contributed by atoms with E-state index in [2.05, 4.69) is 72.2 Å². The molecule has 10 heteroatoms. The van der Waals surface area contributed by atoms with Crippen LogP contribution in [0.25, 0.3) is 0 Å². The van der Waals surface area contributed by atoms with E-state index in [-0.39, 0.29) is 36.5 Å². The maximum atomic E-state index is 13.8. The summed E-state index contributed by atoms with van der Waals surface area (Å²) in [5.41, 5.74) is 1.39. The van der Waals surface area contributed by atoms with Crippen LogP contribution >= 0.6 is 0 Å². The van der Waals surface area contributed by atoms with Crippen LogP contribution in [0.1, 0.15) is 77.3 Å². The first-order chi connectivity index (χ1) is 23.2. The predicted octanol–water partition coefficient (Wildman–Crippen LogP) is 5.68. The van der Waals surface area contributed by atoms with Gasteiger partial charge in [-0.15, -0.1) is 0 Å². The molecule has 8 heterocycles. The zero-order chi connectivity index (χ0) is 32.6. The first kappa shape index (κ1) is 28.3. The van der Waals surface area contributed by atoms with Crippen molar-refractivity contribution in [2.24, 2.45) is 11.8 Å². The monoisotopic (exact) mass is 652 g/mol. The Labute approximate surface area is 281 Å². The maximum absolute atomic E-state index is 13.8. The van der Waals surface area contributed by atoms with Gasteiger partial charge >= 0.3 is 12.2 Å². The highest BCUT2D eigenvalue weighted by Gasteiger charge is 2.93. The van der Waals surface area contributed by atoms with Gasteiger partial charge in [-0.1, -0.05) is 36.4 Å². The summed E-state index contributed by atoms with van der Waals surface area (Å²) in [4.78, 5) is 36.8. The third-order valence-electron chi connectivity index (χ3n) is 15.3. The van der Waals surface area contributed by atoms with Crippen LogP contribution in [-0.2, 0) is 29.8 Å². The molecule has 4 spiro atoms. The van der Waals surface area contributed by atoms with Crippen LogP contribution in [0, 0.1) is 11.8 Å². The number of carbonyl (C=O) groups is 2. The predicted molar refractivity (Wildman–Crippen MR) is 175 cm³/mol. The van der Waals surface area contributed by atoms with Crippen molar-refractivity contribution in [2.75, 3.05) is 36.1 Å². The molecule has 8 aliphatic heterocycles. The summed E-state index contributed by atoms with van der Waals surface area (Å²) in [5, 5.41) is 0. The number of ether oxygens (including phenoxy) is 4. The second kappa shape index (κ2) is 8.44. The molecule has 4 bridgehead atoms. The van der Waals surface area contributed by atoms with Crippen molar-refractivity contribution in [3.63, 3.8) is 0 Å². The fraction of sp³-hybridized carbons (Fsp3) is 0.632. The smallest absolute Gasteiger partial charge is 0.410 e. The van der Waals surface area contributed by atoms with Gasteiger partial charge in [-0.05, 0) is 89.5 Å². The highest BCUT2D eigenvalue weighted by molar-refractivity contribution is 5.80. The van der Waals surface area contributed by atoms with Crippen LogP contribution in [0.3, 0.4) is 0 Å². The van der Waals surface area contributed by atoms with Gasteiger partial charge in [-0.2, -0.15) is 0 Å². The number of hydrogen-bond acceptors (Lipinski definition) is 8. The van der Waals surface area contributed by atoms with Gasteiger partial charge in [0.05, 0.1) is 47.0 Å². The Morgan fingerprint density at radius 3 is 1.58 bits per heavy atom. The molecule has 2 saturated carbocycles. The Morgan fingerprint density at radius 2 is 1.15 bits per heavy atom. The van der Waals surface area contributed by atoms with Gasteiger partial charge in [-0.25, -0.2) is 9.59 Å². The topological polar surface area (TPSA) is 84.0 Å². The summed E-state index contributed by atoms with van der Waals surface area (Å²) in [7, 11) is 0. The maximum Gasteiger partial charge on any atom is 0.410 e. The zero-order valence-corrected chi connectivity index (χ0v) is 28.2. The molecule has 4 unspecified atom stereocenters. The Kier molecular flexibility index (Phi) is 4.98. The lowest BCUT2D eigenvalue weighted by Crippen LogP contribution is -2.95. The molecule has 0 N–H and O–H groups in total. The van der Waals surface area contributed by atoms with Crippen molar-refractivity contribution in [2.45, 2.75) is 112 Å². The van der Waals surface area contributed by atoms with Gasteiger partial charge in [0.2, 0.25) is 0 Å². The minimum Gasteiger partial charge on any atom is -0.450 e. The van der Waals surface area contributed by atoms with Crippen molar-refractivity contribution in [3.05, 3.63) is 59.7 Å². The van der Waals surface area contributed by atoms with E-state index in [1.165, 1.54) is 22.5 Å². The lowest BCUT2D eigenvalue weighted by molar-refractivity contribution is -0.415. The molecular formula is C38H44N4O6. The van der Waals surface area contributed by atoms with Crippen molar-refractivity contribution >= 4 is 23.6 Å². The van der Waals surface area contributed by atoms with Crippen LogP contribution in [-0.4, -0.2) is 83.3 Å². The Balaban J connectivity index is 1.20. The van der Waals surface area contributed by atoms with E-state index >= 15 is 0 Å². The average Bonchev–Trinajstić information content (AvgIpc) is 3.74. The van der Waals surface area contributed by atoms with Crippen LogP contribution < -0.4 is 9.80 Å². The van der Waals surface area contributed by atoms with E-state index < -0.39 is 33.4 Å². The Bertz CT molecular complexity index is 1690. The van der Waals surface area contributed by atoms with Gasteiger partial charge in [0.25, 0.3) is 0 Å². The molecule has 0 radical (unpaired) electrons. The first-order valence-corrected chi connectivity index (χ1v) is 18.3. The Hall–Kier alpha value is -3.50. The van der Waals surface area contributed by atoms with E-state index in [9.17, 15) is 9.59 Å². The van der Waals surface area contributed by atoms with E-state index in [0.29, 0.717) is 26.3 Å². The number of fused-ring (bicyclic) bond motifs is 2. The van der Waals surface area contributed by atoms with Gasteiger partial charge in [0, 0.05) is 24.5 Å². The number of nitrogens with zero attached hydrogens (tertiary/aromatic N) is 4. The molecule has 2 aromatic carbocycles. The molecule has 12 rings (SSSR count). The van der Waals surface area contributed by atoms with E-state index in [0.717, 1.165) is 38.5 Å². The molecule has 6 saturated heterocycles. The van der Waals surface area contributed by atoms with Gasteiger partial charge in [0.15, 0.2) is 11.4 Å². The van der Waals surface area contributed by atoms with Gasteiger partial charge in [0.1, 0.15) is 12.5 Å². The first-order valence-electron chi connectivity index (χ1n) is 18.3. The highest BCUT2D eigenvalue weighted by atomic mass is 16.6. The number of anilines is 2. The summed E-state index contributed by atoms with van der Waals surface area (Å²) in [6.45, 7) is 10.3. The lowest BCUT2D eigenvalue weighted by Gasteiger charge is -2.81. The van der Waals surface area contributed by atoms with Crippen LogP contribution in [0.15, 0.2) is 48.5 Å². The van der Waals surface area contributed by atoms with E-state index in [4.69, 9.17) is 18.9 Å². The van der Waals surface area contributed by atoms with Crippen molar-refractivity contribution in [1.29, 1.82) is 0 Å². The third kappa shape index (κ3) is 2.40. The molecule has 10 nitrogen and oxygen atoms in total. The number of para-hydroxylation sites is 2. The standard InChI is InChI=1S/C38H44N4O6/c1-5-45-31(43)39-21-19-35-23-11-7-9-13-27(23)41-30-26-16-18-34(4)36(20-22-40(34)32(44)46-6-2)24-12-8-10-14-28(24)42-29(47-30)25(15-17-33(35,39)3)37(35,41)48-38(26,36)42/h7-14,25-26,29-30H,5-6,15-22H2,1-4H3/t25?,26?,29-,30-,33-,34-,35?,36?,37+,38+/m0/s1. The quantitative estimate of drug-likeness (QED) is 0.410. The molecule has 252 valence electrons. The van der Waals surface area contributed by atoms with Crippen LogP contribution in [0.5, 0.6) is 0 Å². The van der Waals surface area contributed by atoms with Gasteiger partial charge in [-0.3, -0.25) is 0 Å². The molecular weight excluding hydrogens is 608 g/mol. The van der Waals surface area contributed by atoms with Crippen molar-refractivity contribution in [3.8, 4) is 0 Å². The molecule has 2 aromatic rings. The summed E-state index contributed by atoms with van der Waals surface area (Å²) < 4.78 is 27.4. The number of carbonyl (C=O) groups excluding carboxylic acids is 2. The highest BCUT2D eigenvalue weighted by Crippen LogP contribution is 2.82. The second-order valence-corrected chi connectivity index (χ2v) is 16.0. The van der Waals surface area contributed by atoms with Crippen molar-refractivity contribution < 1.29 is 28.5 Å². The second-order valence-electron chi connectivity index (χ2n) is 16.0. The molecule has 10 atom stereocenters. The van der Waals surface area contributed by atoms with Crippen LogP contribution in [0.4, 0.5) is 21.0 Å². The average molecular weight is 653 g/mol. The molecule has 48 heavy (non-hydrogen) atoms. The largest absolute Gasteiger partial charge is 0.450 e. The van der Waals surface area contributed by atoms with Crippen LogP contribution in [0.2, 0.25) is 0 Å². The molecule has 0 aromatic heterocycles.